The number of hydrogen-bond acceptors (Lipinski definition) is 4. The first-order valence-corrected chi connectivity index (χ1v) is 8.63. The maximum atomic E-state index is 12.8. The fourth-order valence-corrected chi connectivity index (χ4v) is 3.02. The summed E-state index contributed by atoms with van der Waals surface area (Å²) in [5.74, 6) is 0.733. The summed E-state index contributed by atoms with van der Waals surface area (Å²) in [6.07, 6.45) is 7.54. The predicted octanol–water partition coefficient (Wildman–Crippen LogP) is 3.31. The predicted molar refractivity (Wildman–Crippen MR) is 96.6 cm³/mol. The number of nitrogens with zero attached hydrogens (tertiary/aromatic N) is 4. The maximum Gasteiger partial charge on any atom is 0.278 e. The van der Waals surface area contributed by atoms with Gasteiger partial charge in [-0.15, -0.1) is 0 Å². The first-order valence-electron chi connectivity index (χ1n) is 8.63. The molecule has 0 atom stereocenters. The molecule has 1 aromatic heterocycles. The molecule has 0 saturated carbocycles. The van der Waals surface area contributed by atoms with E-state index >= 15 is 0 Å². The molecule has 0 saturated heterocycles. The lowest BCUT2D eigenvalue weighted by molar-refractivity contribution is 0.0980. The molecule has 1 aliphatic heterocycles. The number of aryl methyl sites for hydroxylation is 1. The molecular formula is C19H24N4O. The van der Waals surface area contributed by atoms with Crippen molar-refractivity contribution in [1.82, 2.24) is 9.97 Å². The zero-order valence-corrected chi connectivity index (χ0v) is 14.4. The molecule has 0 radical (unpaired) electrons. The molecule has 1 aromatic carbocycles. The Kier molecular flexibility index (Phi) is 5.08. The Bertz CT molecular complexity index is 699. The van der Waals surface area contributed by atoms with E-state index in [1.54, 1.807) is 12.4 Å². The summed E-state index contributed by atoms with van der Waals surface area (Å²) in [5, 5.41) is 0. The molecule has 0 bridgehead atoms. The molecule has 0 fully saturated rings. The highest BCUT2D eigenvalue weighted by molar-refractivity contribution is 6.05. The number of para-hydroxylation sites is 1. The van der Waals surface area contributed by atoms with Crippen molar-refractivity contribution < 1.29 is 4.79 Å². The number of aromatic nitrogens is 2. The number of amides is 1. The van der Waals surface area contributed by atoms with Gasteiger partial charge in [-0.25, -0.2) is 9.97 Å². The lowest BCUT2D eigenvalue weighted by Gasteiger charge is -2.29. The number of benzene rings is 1. The third kappa shape index (κ3) is 3.40. The molecule has 0 spiro atoms. The van der Waals surface area contributed by atoms with Crippen LogP contribution in [-0.2, 0) is 6.42 Å². The summed E-state index contributed by atoms with van der Waals surface area (Å²) in [6, 6.07) is 8.09. The second-order valence-corrected chi connectivity index (χ2v) is 6.22. The summed E-state index contributed by atoms with van der Waals surface area (Å²) in [7, 11) is 2.00. The van der Waals surface area contributed by atoms with Crippen molar-refractivity contribution in [3.63, 3.8) is 0 Å². The monoisotopic (exact) mass is 324 g/mol. The van der Waals surface area contributed by atoms with Crippen molar-refractivity contribution in [2.75, 3.05) is 29.9 Å². The van der Waals surface area contributed by atoms with E-state index < -0.39 is 0 Å². The van der Waals surface area contributed by atoms with E-state index in [9.17, 15) is 4.79 Å². The van der Waals surface area contributed by atoms with Crippen LogP contribution in [0.3, 0.4) is 0 Å². The van der Waals surface area contributed by atoms with Crippen molar-refractivity contribution in [2.24, 2.45) is 0 Å². The highest BCUT2D eigenvalue weighted by atomic mass is 16.2. The number of hydrogen-bond donors (Lipinski definition) is 0. The van der Waals surface area contributed by atoms with Gasteiger partial charge in [0.25, 0.3) is 5.91 Å². The van der Waals surface area contributed by atoms with E-state index in [0.717, 1.165) is 50.3 Å². The van der Waals surface area contributed by atoms with Crippen LogP contribution in [0, 0.1) is 0 Å². The van der Waals surface area contributed by atoms with Crippen LogP contribution >= 0.6 is 0 Å². The molecule has 2 aromatic rings. The first-order chi connectivity index (χ1) is 11.7. The molecule has 0 N–H and O–H groups in total. The van der Waals surface area contributed by atoms with E-state index in [4.69, 9.17) is 0 Å². The summed E-state index contributed by atoms with van der Waals surface area (Å²) in [4.78, 5) is 25.5. The van der Waals surface area contributed by atoms with Crippen molar-refractivity contribution >= 4 is 17.4 Å². The lowest BCUT2D eigenvalue weighted by atomic mass is 10.0. The van der Waals surface area contributed by atoms with E-state index in [0.29, 0.717) is 5.69 Å². The van der Waals surface area contributed by atoms with Crippen molar-refractivity contribution in [3.05, 3.63) is 47.9 Å². The Labute approximate surface area is 143 Å². The van der Waals surface area contributed by atoms with Crippen molar-refractivity contribution in [3.8, 4) is 0 Å². The zero-order chi connectivity index (χ0) is 16.9. The fourth-order valence-electron chi connectivity index (χ4n) is 3.02. The van der Waals surface area contributed by atoms with Crippen LogP contribution in [0.5, 0.6) is 0 Å². The molecule has 126 valence electrons. The molecule has 1 amide bonds. The van der Waals surface area contributed by atoms with Gasteiger partial charge in [-0.1, -0.05) is 31.5 Å². The molecular weight excluding hydrogens is 300 g/mol. The normalized spacial score (nSPS) is 13.5. The van der Waals surface area contributed by atoms with Gasteiger partial charge in [0.2, 0.25) is 0 Å². The number of anilines is 2. The van der Waals surface area contributed by atoms with Gasteiger partial charge >= 0.3 is 0 Å². The quantitative estimate of drug-likeness (QED) is 0.847. The minimum atomic E-state index is -0.0718. The molecule has 1 aliphatic rings. The lowest BCUT2D eigenvalue weighted by Crippen LogP contribution is -2.36. The number of rotatable bonds is 5. The largest absolute Gasteiger partial charge is 0.358 e. The standard InChI is InChI=1S/C19H24N4O/c1-3-4-11-22(2)18-14-20-16(13-21-18)19(24)23-12-7-9-15-8-5-6-10-17(15)23/h5-6,8,10,13-14H,3-4,7,9,11-12H2,1-2H3. The van der Waals surface area contributed by atoms with Crippen LogP contribution in [0.25, 0.3) is 0 Å². The Hall–Kier alpha value is -2.43. The number of fused-ring (bicyclic) bond motifs is 1. The second-order valence-electron chi connectivity index (χ2n) is 6.22. The minimum Gasteiger partial charge on any atom is -0.358 e. The van der Waals surface area contributed by atoms with Gasteiger partial charge < -0.3 is 9.80 Å². The Morgan fingerprint density at radius 1 is 1.25 bits per heavy atom. The van der Waals surface area contributed by atoms with E-state index in [1.807, 2.05) is 30.1 Å². The molecule has 3 rings (SSSR count). The summed E-state index contributed by atoms with van der Waals surface area (Å²) < 4.78 is 0. The van der Waals surface area contributed by atoms with Crippen LogP contribution in [0.15, 0.2) is 36.7 Å². The van der Waals surface area contributed by atoms with Crippen molar-refractivity contribution in [1.29, 1.82) is 0 Å². The van der Waals surface area contributed by atoms with Gasteiger partial charge in [-0.3, -0.25) is 4.79 Å². The van der Waals surface area contributed by atoms with E-state index in [1.165, 1.54) is 5.56 Å². The number of carbonyl (C=O) groups is 1. The van der Waals surface area contributed by atoms with Gasteiger partial charge in [-0.05, 0) is 30.9 Å². The van der Waals surface area contributed by atoms with Crippen molar-refractivity contribution in [2.45, 2.75) is 32.6 Å². The molecule has 0 aliphatic carbocycles. The molecule has 2 heterocycles. The van der Waals surface area contributed by atoms with Crippen LogP contribution < -0.4 is 9.80 Å². The second kappa shape index (κ2) is 7.43. The average Bonchev–Trinajstić information content (AvgIpc) is 2.65. The van der Waals surface area contributed by atoms with Crippen LogP contribution in [-0.4, -0.2) is 36.0 Å². The number of carbonyl (C=O) groups excluding carboxylic acids is 1. The van der Waals surface area contributed by atoms with Crippen LogP contribution in [0.2, 0.25) is 0 Å². The smallest absolute Gasteiger partial charge is 0.278 e. The van der Waals surface area contributed by atoms with Crippen LogP contribution in [0.1, 0.15) is 42.2 Å². The summed E-state index contributed by atoms with van der Waals surface area (Å²) in [5.41, 5.74) is 2.63. The molecule has 24 heavy (non-hydrogen) atoms. The van der Waals surface area contributed by atoms with E-state index in [2.05, 4.69) is 27.9 Å². The molecule has 5 nitrogen and oxygen atoms in total. The maximum absolute atomic E-state index is 12.8. The van der Waals surface area contributed by atoms with Gasteiger partial charge in [0.05, 0.1) is 12.4 Å². The summed E-state index contributed by atoms with van der Waals surface area (Å²) >= 11 is 0. The highest BCUT2D eigenvalue weighted by Crippen LogP contribution is 2.27. The SMILES string of the molecule is CCCCN(C)c1cnc(C(=O)N2CCCc3ccccc32)cn1. The Morgan fingerprint density at radius 3 is 2.83 bits per heavy atom. The highest BCUT2D eigenvalue weighted by Gasteiger charge is 2.24. The van der Waals surface area contributed by atoms with E-state index in [-0.39, 0.29) is 5.91 Å². The third-order valence-electron chi connectivity index (χ3n) is 4.45. The van der Waals surface area contributed by atoms with Gasteiger partial charge in [0.1, 0.15) is 11.5 Å². The fraction of sp³-hybridized carbons (Fsp3) is 0.421. The van der Waals surface area contributed by atoms with Crippen LogP contribution in [0.4, 0.5) is 11.5 Å². The third-order valence-corrected chi connectivity index (χ3v) is 4.45. The Balaban J connectivity index is 1.77. The molecule has 0 unspecified atom stereocenters. The Morgan fingerprint density at radius 2 is 2.08 bits per heavy atom. The first kappa shape index (κ1) is 16.4. The topological polar surface area (TPSA) is 49.3 Å². The van der Waals surface area contributed by atoms with Gasteiger partial charge in [0, 0.05) is 25.8 Å². The average molecular weight is 324 g/mol. The van der Waals surface area contributed by atoms with Gasteiger partial charge in [0.15, 0.2) is 0 Å². The molecule has 5 heteroatoms. The summed E-state index contributed by atoms with van der Waals surface area (Å²) in [6.45, 7) is 3.84. The zero-order valence-electron chi connectivity index (χ0n) is 14.4. The number of unbranched alkanes of at least 4 members (excludes halogenated alkanes) is 1. The van der Waals surface area contributed by atoms with Gasteiger partial charge in [-0.2, -0.15) is 0 Å². The minimum absolute atomic E-state index is 0.0718.